The van der Waals surface area contributed by atoms with Gasteiger partial charge in [-0.25, -0.2) is 0 Å². The van der Waals surface area contributed by atoms with Crippen molar-refractivity contribution in [1.29, 1.82) is 0 Å². The molecule has 1 heterocycles. The first-order valence-electron chi connectivity index (χ1n) is 10.6. The second-order valence-corrected chi connectivity index (χ2v) is 7.44. The Balaban J connectivity index is 1.63. The average molecular weight is 391 g/mol. The van der Waals surface area contributed by atoms with Crippen LogP contribution in [0, 0.1) is 0 Å². The van der Waals surface area contributed by atoms with Gasteiger partial charge in [-0.1, -0.05) is 30.3 Å². The van der Waals surface area contributed by atoms with Gasteiger partial charge in [0.25, 0.3) is 0 Å². The van der Waals surface area contributed by atoms with Gasteiger partial charge in [0.05, 0.1) is 19.3 Å². The normalized spacial score (nSPS) is 18.4. The molecule has 2 unspecified atom stereocenters. The number of benzene rings is 1. The summed E-state index contributed by atoms with van der Waals surface area (Å²) in [5.41, 5.74) is 1.35. The van der Waals surface area contributed by atoms with E-state index < -0.39 is 0 Å². The SMILES string of the molecule is CCNC(=NCCC(C)N(C)Cc1ccccc1)NCCOCC1CCCO1. The second-order valence-electron chi connectivity index (χ2n) is 7.44. The van der Waals surface area contributed by atoms with Gasteiger partial charge >= 0.3 is 0 Å². The Labute approximate surface area is 170 Å². The highest BCUT2D eigenvalue weighted by Crippen LogP contribution is 2.11. The van der Waals surface area contributed by atoms with Gasteiger partial charge in [0, 0.05) is 38.8 Å². The van der Waals surface area contributed by atoms with Gasteiger partial charge in [-0.15, -0.1) is 0 Å². The Morgan fingerprint density at radius 1 is 1.32 bits per heavy atom. The van der Waals surface area contributed by atoms with E-state index in [2.05, 4.69) is 66.8 Å². The number of hydrogen-bond donors (Lipinski definition) is 2. The molecule has 1 aliphatic rings. The minimum Gasteiger partial charge on any atom is -0.377 e. The molecule has 0 aliphatic carbocycles. The van der Waals surface area contributed by atoms with Crippen LogP contribution >= 0.6 is 0 Å². The van der Waals surface area contributed by atoms with Crippen LogP contribution in [0.1, 0.15) is 38.7 Å². The standard InChI is InChI=1S/C22H38N4O2/c1-4-23-22(25-14-16-27-18-21-11-8-15-28-21)24-13-12-19(2)26(3)17-20-9-6-5-7-10-20/h5-7,9-10,19,21H,4,8,11-18H2,1-3H3,(H2,23,24,25). The third kappa shape index (κ3) is 9.04. The van der Waals surface area contributed by atoms with Crippen LogP contribution in [0.4, 0.5) is 0 Å². The highest BCUT2D eigenvalue weighted by atomic mass is 16.5. The van der Waals surface area contributed by atoms with Gasteiger partial charge in [0.15, 0.2) is 5.96 Å². The van der Waals surface area contributed by atoms with Crippen molar-refractivity contribution in [2.75, 3.05) is 46.5 Å². The summed E-state index contributed by atoms with van der Waals surface area (Å²) in [5.74, 6) is 0.862. The van der Waals surface area contributed by atoms with Crippen molar-refractivity contribution in [2.45, 2.75) is 51.8 Å². The smallest absolute Gasteiger partial charge is 0.191 e. The van der Waals surface area contributed by atoms with E-state index in [1.165, 1.54) is 5.56 Å². The van der Waals surface area contributed by atoms with Crippen molar-refractivity contribution in [1.82, 2.24) is 15.5 Å². The van der Waals surface area contributed by atoms with Gasteiger partial charge in [0.2, 0.25) is 0 Å². The largest absolute Gasteiger partial charge is 0.377 e. The van der Waals surface area contributed by atoms with Crippen LogP contribution in [-0.2, 0) is 16.0 Å². The molecular formula is C22H38N4O2. The molecule has 158 valence electrons. The summed E-state index contributed by atoms with van der Waals surface area (Å²) >= 11 is 0. The predicted octanol–water partition coefficient (Wildman–Crippen LogP) is 2.65. The Kier molecular flexibility index (Phi) is 10.9. The fourth-order valence-electron chi connectivity index (χ4n) is 3.18. The third-order valence-corrected chi connectivity index (χ3v) is 5.05. The Morgan fingerprint density at radius 3 is 2.86 bits per heavy atom. The zero-order chi connectivity index (χ0) is 20.0. The molecule has 1 aromatic carbocycles. The van der Waals surface area contributed by atoms with E-state index in [-0.39, 0.29) is 6.10 Å². The maximum atomic E-state index is 5.70. The first-order chi connectivity index (χ1) is 13.7. The lowest BCUT2D eigenvalue weighted by Crippen LogP contribution is -2.39. The maximum absolute atomic E-state index is 5.70. The molecule has 1 fully saturated rings. The van der Waals surface area contributed by atoms with Crippen molar-refractivity contribution in [3.63, 3.8) is 0 Å². The molecule has 1 aromatic rings. The summed E-state index contributed by atoms with van der Waals surface area (Å²) in [6, 6.07) is 11.1. The second kappa shape index (κ2) is 13.5. The van der Waals surface area contributed by atoms with E-state index in [0.717, 1.165) is 58.0 Å². The van der Waals surface area contributed by atoms with E-state index >= 15 is 0 Å². The van der Waals surface area contributed by atoms with Crippen molar-refractivity contribution >= 4 is 5.96 Å². The zero-order valence-corrected chi connectivity index (χ0v) is 17.8. The highest BCUT2D eigenvalue weighted by molar-refractivity contribution is 5.79. The van der Waals surface area contributed by atoms with Gasteiger partial charge in [-0.2, -0.15) is 0 Å². The minimum atomic E-state index is 0.288. The highest BCUT2D eigenvalue weighted by Gasteiger charge is 2.15. The first-order valence-corrected chi connectivity index (χ1v) is 10.6. The van der Waals surface area contributed by atoms with Crippen LogP contribution < -0.4 is 10.6 Å². The summed E-state index contributed by atoms with van der Waals surface area (Å²) in [4.78, 5) is 7.08. The van der Waals surface area contributed by atoms with E-state index in [4.69, 9.17) is 14.5 Å². The van der Waals surface area contributed by atoms with Crippen molar-refractivity contribution in [2.24, 2.45) is 4.99 Å². The lowest BCUT2D eigenvalue weighted by Gasteiger charge is -2.24. The molecule has 6 heteroatoms. The van der Waals surface area contributed by atoms with Crippen LogP contribution in [0.3, 0.4) is 0 Å². The molecule has 6 nitrogen and oxygen atoms in total. The summed E-state index contributed by atoms with van der Waals surface area (Å²) < 4.78 is 11.3. The van der Waals surface area contributed by atoms with Gasteiger partial charge in [0.1, 0.15) is 0 Å². The van der Waals surface area contributed by atoms with Crippen LogP contribution in [0.2, 0.25) is 0 Å². The number of aliphatic imine (C=N–C) groups is 1. The van der Waals surface area contributed by atoms with Crippen LogP contribution in [0.25, 0.3) is 0 Å². The molecule has 2 rings (SSSR count). The van der Waals surface area contributed by atoms with Crippen molar-refractivity contribution in [3.05, 3.63) is 35.9 Å². The fourth-order valence-corrected chi connectivity index (χ4v) is 3.18. The van der Waals surface area contributed by atoms with E-state index in [1.807, 2.05) is 0 Å². The Morgan fingerprint density at radius 2 is 2.14 bits per heavy atom. The number of nitrogens with zero attached hydrogens (tertiary/aromatic N) is 2. The summed E-state index contributed by atoms with van der Waals surface area (Å²) in [6.07, 6.45) is 3.59. The predicted molar refractivity (Wildman–Crippen MR) is 116 cm³/mol. The maximum Gasteiger partial charge on any atom is 0.191 e. The van der Waals surface area contributed by atoms with E-state index in [1.54, 1.807) is 0 Å². The molecule has 0 radical (unpaired) electrons. The Bertz CT molecular complexity index is 547. The number of guanidine groups is 1. The minimum absolute atomic E-state index is 0.288. The van der Waals surface area contributed by atoms with E-state index in [0.29, 0.717) is 19.3 Å². The molecule has 0 bridgehead atoms. The van der Waals surface area contributed by atoms with Crippen molar-refractivity contribution in [3.8, 4) is 0 Å². The van der Waals surface area contributed by atoms with Crippen LogP contribution in [0.15, 0.2) is 35.3 Å². The monoisotopic (exact) mass is 390 g/mol. The number of nitrogens with one attached hydrogen (secondary N) is 2. The Hall–Kier alpha value is -1.63. The van der Waals surface area contributed by atoms with Gasteiger partial charge in [-0.3, -0.25) is 9.89 Å². The molecule has 0 amide bonds. The van der Waals surface area contributed by atoms with Crippen LogP contribution in [0.5, 0.6) is 0 Å². The van der Waals surface area contributed by atoms with Crippen molar-refractivity contribution < 1.29 is 9.47 Å². The van der Waals surface area contributed by atoms with Crippen LogP contribution in [-0.4, -0.2) is 69.5 Å². The molecule has 0 aromatic heterocycles. The average Bonchev–Trinajstić information content (AvgIpc) is 3.22. The fraction of sp³-hybridized carbons (Fsp3) is 0.682. The lowest BCUT2D eigenvalue weighted by molar-refractivity contribution is 0.0191. The topological polar surface area (TPSA) is 58.1 Å². The zero-order valence-electron chi connectivity index (χ0n) is 17.8. The molecule has 2 atom stereocenters. The molecule has 2 N–H and O–H groups in total. The summed E-state index contributed by atoms with van der Waals surface area (Å²) in [7, 11) is 2.18. The van der Waals surface area contributed by atoms with E-state index in [9.17, 15) is 0 Å². The lowest BCUT2D eigenvalue weighted by atomic mass is 10.1. The molecular weight excluding hydrogens is 352 g/mol. The number of ether oxygens (including phenoxy) is 2. The van der Waals surface area contributed by atoms with Gasteiger partial charge in [-0.05, 0) is 45.7 Å². The number of hydrogen-bond acceptors (Lipinski definition) is 4. The summed E-state index contributed by atoms with van der Waals surface area (Å²) in [6.45, 7) is 9.95. The molecule has 1 saturated heterocycles. The molecule has 0 spiro atoms. The summed E-state index contributed by atoms with van der Waals surface area (Å²) in [5, 5.41) is 6.65. The first kappa shape index (κ1) is 22.7. The quantitative estimate of drug-likeness (QED) is 0.326. The van der Waals surface area contributed by atoms with Gasteiger partial charge < -0.3 is 20.1 Å². The molecule has 0 saturated carbocycles. The molecule has 28 heavy (non-hydrogen) atoms. The molecule has 1 aliphatic heterocycles. The third-order valence-electron chi connectivity index (χ3n) is 5.05. The number of rotatable bonds is 12.